The lowest BCUT2D eigenvalue weighted by atomic mass is 10.1. The molecule has 3 rings (SSSR count). The van der Waals surface area contributed by atoms with Crippen molar-refractivity contribution in [2.24, 2.45) is 0 Å². The first-order valence-corrected chi connectivity index (χ1v) is 9.95. The maximum Gasteiger partial charge on any atom is 0.259 e. The zero-order chi connectivity index (χ0) is 20.6. The number of rotatable bonds is 7. The molecule has 0 aliphatic heterocycles. The maximum atomic E-state index is 13.6. The lowest BCUT2D eigenvalue weighted by molar-refractivity contribution is -0.113. The summed E-state index contributed by atoms with van der Waals surface area (Å²) < 4.78 is 13.6. The Balaban J connectivity index is 1.50. The third-order valence-corrected chi connectivity index (χ3v) is 4.92. The molecule has 0 bridgehead atoms. The van der Waals surface area contributed by atoms with Gasteiger partial charge in [-0.2, -0.15) is 0 Å². The molecule has 8 heteroatoms. The van der Waals surface area contributed by atoms with Gasteiger partial charge in [0.15, 0.2) is 5.82 Å². The number of aryl methyl sites for hydroxylation is 1. The van der Waals surface area contributed by atoms with E-state index in [9.17, 15) is 14.0 Å². The van der Waals surface area contributed by atoms with Crippen molar-refractivity contribution in [3.8, 4) is 0 Å². The van der Waals surface area contributed by atoms with Crippen LogP contribution < -0.4 is 10.6 Å². The normalized spacial score (nSPS) is 10.4. The average molecular weight is 410 g/mol. The van der Waals surface area contributed by atoms with E-state index in [0.29, 0.717) is 5.03 Å². The van der Waals surface area contributed by atoms with Crippen molar-refractivity contribution >= 4 is 35.1 Å². The van der Waals surface area contributed by atoms with E-state index in [1.165, 1.54) is 35.5 Å². The van der Waals surface area contributed by atoms with Crippen LogP contribution in [0.1, 0.15) is 22.8 Å². The van der Waals surface area contributed by atoms with Gasteiger partial charge in [0, 0.05) is 5.69 Å². The summed E-state index contributed by atoms with van der Waals surface area (Å²) in [5, 5.41) is 13.7. The van der Waals surface area contributed by atoms with Crippen LogP contribution in [-0.2, 0) is 11.2 Å². The van der Waals surface area contributed by atoms with Crippen LogP contribution in [0, 0.1) is 5.82 Å². The van der Waals surface area contributed by atoms with Crippen molar-refractivity contribution in [3.05, 3.63) is 77.6 Å². The summed E-state index contributed by atoms with van der Waals surface area (Å²) in [6.45, 7) is 2.07. The predicted octanol–water partition coefficient (Wildman–Crippen LogP) is 4.16. The largest absolute Gasteiger partial charge is 0.325 e. The Hall–Kier alpha value is -3.26. The molecule has 1 heterocycles. The molecule has 1 aromatic heterocycles. The van der Waals surface area contributed by atoms with E-state index in [-0.39, 0.29) is 23.0 Å². The predicted molar refractivity (Wildman–Crippen MR) is 112 cm³/mol. The van der Waals surface area contributed by atoms with Gasteiger partial charge in [-0.15, -0.1) is 10.2 Å². The molecule has 0 saturated heterocycles. The van der Waals surface area contributed by atoms with E-state index < -0.39 is 11.7 Å². The van der Waals surface area contributed by atoms with Crippen LogP contribution in [0.15, 0.2) is 65.7 Å². The topological polar surface area (TPSA) is 84.0 Å². The number of amides is 2. The van der Waals surface area contributed by atoms with Gasteiger partial charge in [0.05, 0.1) is 11.3 Å². The van der Waals surface area contributed by atoms with Gasteiger partial charge in [-0.25, -0.2) is 4.39 Å². The number of benzene rings is 2. The Morgan fingerprint density at radius 3 is 2.38 bits per heavy atom. The summed E-state index contributed by atoms with van der Waals surface area (Å²) >= 11 is 1.22. The number of aromatic nitrogens is 2. The minimum atomic E-state index is -0.611. The molecule has 0 atom stereocenters. The molecule has 148 valence electrons. The minimum absolute atomic E-state index is 0.0728. The number of halogens is 1. The van der Waals surface area contributed by atoms with Gasteiger partial charge in [0.1, 0.15) is 10.8 Å². The second kappa shape index (κ2) is 9.79. The Morgan fingerprint density at radius 1 is 0.966 bits per heavy atom. The molecule has 2 amide bonds. The van der Waals surface area contributed by atoms with E-state index in [1.54, 1.807) is 18.2 Å². The van der Waals surface area contributed by atoms with Gasteiger partial charge < -0.3 is 10.6 Å². The molecule has 6 nitrogen and oxygen atoms in total. The molecular formula is C21H19FN4O2S. The van der Waals surface area contributed by atoms with E-state index in [4.69, 9.17) is 0 Å². The summed E-state index contributed by atoms with van der Waals surface area (Å²) in [5.41, 5.74) is 1.87. The number of nitrogens with zero attached hydrogens (tertiary/aromatic N) is 2. The van der Waals surface area contributed by atoms with Crippen molar-refractivity contribution in [1.29, 1.82) is 0 Å². The third-order valence-electron chi connectivity index (χ3n) is 4.00. The number of nitrogens with one attached hydrogen (secondary N) is 2. The number of hydrogen-bond donors (Lipinski definition) is 2. The third kappa shape index (κ3) is 5.86. The van der Waals surface area contributed by atoms with Crippen LogP contribution in [0.3, 0.4) is 0 Å². The summed E-state index contributed by atoms with van der Waals surface area (Å²) in [7, 11) is 0. The molecule has 0 saturated carbocycles. The standard InChI is InChI=1S/C21H19FN4O2S/c1-2-14-7-9-15(10-8-14)23-19(27)13-29-20-12-11-18(25-26-20)24-21(28)16-5-3-4-6-17(16)22/h3-12H,2,13H2,1H3,(H,23,27)(H,24,25,28). The van der Waals surface area contributed by atoms with Crippen molar-refractivity contribution < 1.29 is 14.0 Å². The Kier molecular flexibility index (Phi) is 6.91. The monoisotopic (exact) mass is 410 g/mol. The molecule has 0 unspecified atom stereocenters. The van der Waals surface area contributed by atoms with Crippen LogP contribution >= 0.6 is 11.8 Å². The zero-order valence-electron chi connectivity index (χ0n) is 15.7. The van der Waals surface area contributed by atoms with Crippen molar-refractivity contribution in [3.63, 3.8) is 0 Å². The summed E-state index contributed by atoms with van der Waals surface area (Å²) in [6.07, 6.45) is 0.944. The zero-order valence-corrected chi connectivity index (χ0v) is 16.5. The van der Waals surface area contributed by atoms with Gasteiger partial charge in [0.2, 0.25) is 5.91 Å². The molecule has 0 aliphatic carbocycles. The Bertz CT molecular complexity index is 994. The summed E-state index contributed by atoms with van der Waals surface area (Å²) in [4.78, 5) is 24.1. The number of carbonyl (C=O) groups excluding carboxylic acids is 2. The lowest BCUT2D eigenvalue weighted by Crippen LogP contribution is -2.15. The van der Waals surface area contributed by atoms with Crippen molar-refractivity contribution in [2.45, 2.75) is 18.4 Å². The second-order valence-electron chi connectivity index (χ2n) is 6.08. The number of anilines is 2. The molecule has 0 aliphatic rings. The molecule has 0 radical (unpaired) electrons. The van der Waals surface area contributed by atoms with E-state index in [2.05, 4.69) is 27.8 Å². The number of carbonyl (C=O) groups is 2. The quantitative estimate of drug-likeness (QED) is 0.572. The first-order valence-electron chi connectivity index (χ1n) is 8.96. The fraction of sp³-hybridized carbons (Fsp3) is 0.143. The fourth-order valence-corrected chi connectivity index (χ4v) is 3.07. The highest BCUT2D eigenvalue weighted by Crippen LogP contribution is 2.17. The van der Waals surface area contributed by atoms with E-state index in [1.807, 2.05) is 24.3 Å². The van der Waals surface area contributed by atoms with Crippen LogP contribution in [0.5, 0.6) is 0 Å². The second-order valence-corrected chi connectivity index (χ2v) is 7.07. The number of hydrogen-bond acceptors (Lipinski definition) is 5. The maximum absolute atomic E-state index is 13.6. The van der Waals surface area contributed by atoms with E-state index >= 15 is 0 Å². The molecule has 2 N–H and O–H groups in total. The van der Waals surface area contributed by atoms with E-state index in [0.717, 1.165) is 12.1 Å². The fourth-order valence-electron chi connectivity index (χ4n) is 2.45. The molecule has 2 aromatic carbocycles. The van der Waals surface area contributed by atoms with Crippen molar-refractivity contribution in [2.75, 3.05) is 16.4 Å². The van der Waals surface area contributed by atoms with Gasteiger partial charge in [0.25, 0.3) is 5.91 Å². The molecule has 0 fully saturated rings. The number of thioether (sulfide) groups is 1. The first kappa shape index (κ1) is 20.5. The summed E-state index contributed by atoms with van der Waals surface area (Å²) in [5.74, 6) is -1.00. The van der Waals surface area contributed by atoms with Crippen LogP contribution in [0.2, 0.25) is 0 Å². The minimum Gasteiger partial charge on any atom is -0.325 e. The lowest BCUT2D eigenvalue weighted by Gasteiger charge is -2.07. The Labute approximate surface area is 171 Å². The Morgan fingerprint density at radius 2 is 1.72 bits per heavy atom. The highest BCUT2D eigenvalue weighted by Gasteiger charge is 2.12. The highest BCUT2D eigenvalue weighted by molar-refractivity contribution is 7.99. The molecular weight excluding hydrogens is 391 g/mol. The van der Waals surface area contributed by atoms with Crippen molar-refractivity contribution in [1.82, 2.24) is 10.2 Å². The molecule has 29 heavy (non-hydrogen) atoms. The van der Waals surface area contributed by atoms with Gasteiger partial charge in [-0.3, -0.25) is 9.59 Å². The highest BCUT2D eigenvalue weighted by atomic mass is 32.2. The van der Waals surface area contributed by atoms with Crippen LogP contribution in [0.4, 0.5) is 15.9 Å². The van der Waals surface area contributed by atoms with Gasteiger partial charge in [-0.1, -0.05) is 43.0 Å². The SMILES string of the molecule is CCc1ccc(NC(=O)CSc2ccc(NC(=O)c3ccccc3F)nn2)cc1. The molecule has 3 aromatic rings. The summed E-state index contributed by atoms with van der Waals surface area (Å²) in [6, 6.07) is 16.6. The average Bonchev–Trinajstić information content (AvgIpc) is 2.74. The van der Waals surface area contributed by atoms with Gasteiger partial charge >= 0.3 is 0 Å². The van der Waals surface area contributed by atoms with Crippen LogP contribution in [0.25, 0.3) is 0 Å². The van der Waals surface area contributed by atoms with Crippen LogP contribution in [-0.4, -0.2) is 27.8 Å². The smallest absolute Gasteiger partial charge is 0.259 e. The van der Waals surface area contributed by atoms with Gasteiger partial charge in [-0.05, 0) is 48.4 Å². The molecule has 0 spiro atoms. The first-order chi connectivity index (χ1) is 14.0.